The Hall–Kier alpha value is -1.22. The van der Waals surface area contributed by atoms with Crippen LogP contribution >= 0.6 is 0 Å². The van der Waals surface area contributed by atoms with Crippen LogP contribution in [0.4, 0.5) is 0 Å². The van der Waals surface area contributed by atoms with E-state index in [2.05, 4.69) is 38.2 Å². The summed E-state index contributed by atoms with van der Waals surface area (Å²) in [7, 11) is 0. The number of rotatable bonds is 4. The van der Waals surface area contributed by atoms with Gasteiger partial charge in [0.15, 0.2) is 11.5 Å². The minimum Gasteiger partial charge on any atom is -0.489 e. The third-order valence-corrected chi connectivity index (χ3v) is 3.22. The molecule has 1 aliphatic heterocycles. The fourth-order valence-corrected chi connectivity index (χ4v) is 2.02. The van der Waals surface area contributed by atoms with Crippen molar-refractivity contribution in [1.29, 1.82) is 0 Å². The second-order valence-corrected chi connectivity index (χ2v) is 5.11. The molecule has 1 heterocycles. The smallest absolute Gasteiger partial charge is 0.161 e. The first-order valence-corrected chi connectivity index (χ1v) is 6.83. The quantitative estimate of drug-likeness (QED) is 0.889. The fraction of sp³-hybridized carbons (Fsp3) is 0.600. The Bertz CT molecular complexity index is 392. The van der Waals surface area contributed by atoms with Crippen LogP contribution in [0.2, 0.25) is 0 Å². The summed E-state index contributed by atoms with van der Waals surface area (Å²) in [5.74, 6) is 2.18. The van der Waals surface area contributed by atoms with Gasteiger partial charge in [-0.25, -0.2) is 0 Å². The first kappa shape index (κ1) is 13.2. The molecule has 0 saturated carbocycles. The molecule has 18 heavy (non-hydrogen) atoms. The van der Waals surface area contributed by atoms with Crippen LogP contribution in [0.25, 0.3) is 0 Å². The van der Waals surface area contributed by atoms with Gasteiger partial charge >= 0.3 is 0 Å². The first-order chi connectivity index (χ1) is 8.70. The van der Waals surface area contributed by atoms with E-state index in [9.17, 15) is 0 Å². The molecule has 0 spiro atoms. The lowest BCUT2D eigenvalue weighted by Crippen LogP contribution is -2.19. The predicted molar refractivity (Wildman–Crippen MR) is 73.3 cm³/mol. The van der Waals surface area contributed by atoms with Crippen LogP contribution in [-0.4, -0.2) is 19.8 Å². The molecule has 1 aromatic carbocycles. The predicted octanol–water partition coefficient (Wildman–Crippen LogP) is 3.15. The van der Waals surface area contributed by atoms with Crippen LogP contribution in [0.5, 0.6) is 11.5 Å². The summed E-state index contributed by atoms with van der Waals surface area (Å²) >= 11 is 0. The van der Waals surface area contributed by atoms with E-state index in [1.54, 1.807) is 0 Å². The van der Waals surface area contributed by atoms with Gasteiger partial charge in [-0.05, 0) is 37.6 Å². The van der Waals surface area contributed by atoms with E-state index in [-0.39, 0.29) is 0 Å². The maximum Gasteiger partial charge on any atom is 0.161 e. The number of nitrogens with one attached hydrogen (secondary N) is 1. The van der Waals surface area contributed by atoms with Crippen LogP contribution in [0, 0.1) is 5.92 Å². The normalized spacial score (nSPS) is 20.3. The lowest BCUT2D eigenvalue weighted by molar-refractivity contribution is 0.228. The van der Waals surface area contributed by atoms with Gasteiger partial charge in [0.1, 0.15) is 0 Å². The Balaban J connectivity index is 2.11. The summed E-state index contributed by atoms with van der Waals surface area (Å²) in [4.78, 5) is 0. The van der Waals surface area contributed by atoms with Gasteiger partial charge in [0.25, 0.3) is 0 Å². The van der Waals surface area contributed by atoms with Gasteiger partial charge in [-0.1, -0.05) is 19.9 Å². The summed E-state index contributed by atoms with van der Waals surface area (Å²) in [6.07, 6.45) is 1.15. The Morgan fingerprint density at radius 1 is 1.28 bits per heavy atom. The third kappa shape index (κ3) is 3.16. The topological polar surface area (TPSA) is 30.5 Å². The molecule has 0 amide bonds. The molecule has 1 N–H and O–H groups in total. The summed E-state index contributed by atoms with van der Waals surface area (Å²) in [5.41, 5.74) is 1.25. The molecule has 1 aromatic rings. The van der Waals surface area contributed by atoms with Gasteiger partial charge in [-0.15, -0.1) is 0 Å². The highest BCUT2D eigenvalue weighted by Crippen LogP contribution is 2.32. The minimum atomic E-state index is 0.347. The largest absolute Gasteiger partial charge is 0.489 e. The molecule has 3 heteroatoms. The second kappa shape index (κ2) is 6.10. The van der Waals surface area contributed by atoms with Gasteiger partial charge < -0.3 is 14.8 Å². The van der Waals surface area contributed by atoms with Crippen LogP contribution in [0.3, 0.4) is 0 Å². The van der Waals surface area contributed by atoms with Crippen LogP contribution < -0.4 is 14.8 Å². The third-order valence-electron chi connectivity index (χ3n) is 3.22. The van der Waals surface area contributed by atoms with Crippen molar-refractivity contribution < 1.29 is 9.47 Å². The highest BCUT2D eigenvalue weighted by atomic mass is 16.5. The number of hydrogen-bond acceptors (Lipinski definition) is 3. The van der Waals surface area contributed by atoms with E-state index >= 15 is 0 Å². The Labute approximate surface area is 109 Å². The Morgan fingerprint density at radius 2 is 2.00 bits per heavy atom. The molecule has 2 atom stereocenters. The van der Waals surface area contributed by atoms with Crippen molar-refractivity contribution in [3.63, 3.8) is 0 Å². The van der Waals surface area contributed by atoms with E-state index < -0.39 is 0 Å². The molecule has 0 aliphatic carbocycles. The van der Waals surface area contributed by atoms with Crippen molar-refractivity contribution in [3.8, 4) is 11.5 Å². The van der Waals surface area contributed by atoms with Gasteiger partial charge in [-0.3, -0.25) is 0 Å². The highest BCUT2D eigenvalue weighted by Gasteiger charge is 2.16. The van der Waals surface area contributed by atoms with Crippen LogP contribution in [0.15, 0.2) is 18.2 Å². The average Bonchev–Trinajstić information content (AvgIpc) is 2.58. The van der Waals surface area contributed by atoms with Gasteiger partial charge in [0, 0.05) is 12.0 Å². The summed E-state index contributed by atoms with van der Waals surface area (Å²) < 4.78 is 11.5. The zero-order valence-electron chi connectivity index (χ0n) is 11.5. The van der Waals surface area contributed by atoms with E-state index in [0.29, 0.717) is 12.0 Å². The van der Waals surface area contributed by atoms with Gasteiger partial charge in [0.05, 0.1) is 13.2 Å². The molecule has 0 aromatic heterocycles. The van der Waals surface area contributed by atoms with Crippen molar-refractivity contribution in [3.05, 3.63) is 23.8 Å². The lowest BCUT2D eigenvalue weighted by Gasteiger charge is -2.15. The van der Waals surface area contributed by atoms with E-state index in [4.69, 9.17) is 9.47 Å². The highest BCUT2D eigenvalue weighted by molar-refractivity contribution is 5.44. The standard InChI is InChI=1S/C15H23NO2/c1-4-7-16-12(3)13-5-6-14-15(8-13)18-10-11(2)9-17-14/h5-6,8,11-12,16H,4,7,9-10H2,1-3H3. The van der Waals surface area contributed by atoms with Crippen LogP contribution in [-0.2, 0) is 0 Å². The van der Waals surface area contributed by atoms with Crippen LogP contribution in [0.1, 0.15) is 38.8 Å². The zero-order valence-corrected chi connectivity index (χ0v) is 11.5. The molecule has 2 rings (SSSR count). The summed E-state index contributed by atoms with van der Waals surface area (Å²) in [6, 6.07) is 6.58. The number of fused-ring (bicyclic) bond motifs is 1. The molecule has 0 fully saturated rings. The van der Waals surface area contributed by atoms with Crippen molar-refractivity contribution in [2.24, 2.45) is 5.92 Å². The molecule has 2 unspecified atom stereocenters. The van der Waals surface area contributed by atoms with Gasteiger partial charge in [-0.2, -0.15) is 0 Å². The van der Waals surface area contributed by atoms with E-state index in [1.807, 2.05) is 6.07 Å². The van der Waals surface area contributed by atoms with Crippen molar-refractivity contribution in [2.75, 3.05) is 19.8 Å². The second-order valence-electron chi connectivity index (χ2n) is 5.11. The first-order valence-electron chi connectivity index (χ1n) is 6.83. The fourth-order valence-electron chi connectivity index (χ4n) is 2.02. The Kier molecular flexibility index (Phi) is 4.48. The molecule has 3 nitrogen and oxygen atoms in total. The maximum atomic E-state index is 5.80. The van der Waals surface area contributed by atoms with E-state index in [1.165, 1.54) is 5.56 Å². The SMILES string of the molecule is CCCNC(C)c1ccc2c(c1)OCC(C)CO2. The molecule has 1 aliphatic rings. The number of ether oxygens (including phenoxy) is 2. The van der Waals surface area contributed by atoms with Crippen molar-refractivity contribution >= 4 is 0 Å². The molecule has 0 saturated heterocycles. The number of hydrogen-bond donors (Lipinski definition) is 1. The maximum absolute atomic E-state index is 5.80. The van der Waals surface area contributed by atoms with E-state index in [0.717, 1.165) is 37.7 Å². The molecule has 100 valence electrons. The Morgan fingerprint density at radius 3 is 2.72 bits per heavy atom. The number of benzene rings is 1. The molecule has 0 radical (unpaired) electrons. The molecule has 0 bridgehead atoms. The van der Waals surface area contributed by atoms with Crippen molar-refractivity contribution in [1.82, 2.24) is 5.32 Å². The lowest BCUT2D eigenvalue weighted by atomic mass is 10.1. The summed E-state index contributed by atoms with van der Waals surface area (Å²) in [6.45, 7) is 8.99. The monoisotopic (exact) mass is 249 g/mol. The average molecular weight is 249 g/mol. The molecular formula is C15H23NO2. The molecular weight excluding hydrogens is 226 g/mol. The zero-order chi connectivity index (χ0) is 13.0. The minimum absolute atomic E-state index is 0.347. The van der Waals surface area contributed by atoms with Crippen molar-refractivity contribution in [2.45, 2.75) is 33.2 Å². The summed E-state index contributed by atoms with van der Waals surface area (Å²) in [5, 5.41) is 3.48. The van der Waals surface area contributed by atoms with Gasteiger partial charge in [0.2, 0.25) is 0 Å².